The fourth-order valence-corrected chi connectivity index (χ4v) is 1.05. The summed E-state index contributed by atoms with van der Waals surface area (Å²) in [6.45, 7) is 1.82. The van der Waals surface area contributed by atoms with Crippen LogP contribution in [0, 0.1) is 17.7 Å². The van der Waals surface area contributed by atoms with Gasteiger partial charge < -0.3 is 10.3 Å². The Kier molecular flexibility index (Phi) is 2.93. The van der Waals surface area contributed by atoms with E-state index < -0.39 is 0 Å². The average Bonchev–Trinajstić information content (AvgIpc) is 2.60. The molecule has 0 saturated heterocycles. The van der Waals surface area contributed by atoms with Crippen LogP contribution < -0.4 is 10.6 Å². The first-order valence-corrected chi connectivity index (χ1v) is 4.26. The SMILES string of the molecule is Cc1conc1N(C)C(=N)N(C)C(=N)N. The molecule has 0 saturated carbocycles. The summed E-state index contributed by atoms with van der Waals surface area (Å²) in [7, 11) is 3.20. The molecule has 1 rings (SSSR count). The minimum absolute atomic E-state index is 0.0551. The van der Waals surface area contributed by atoms with Gasteiger partial charge in [0, 0.05) is 19.7 Å². The molecule has 0 bridgehead atoms. The number of nitrogens with two attached hydrogens (primary N) is 1. The molecule has 7 nitrogen and oxygen atoms in total. The van der Waals surface area contributed by atoms with Gasteiger partial charge in [0.25, 0.3) is 0 Å². The molecule has 0 aliphatic rings. The van der Waals surface area contributed by atoms with Crippen LogP contribution in [-0.4, -0.2) is 36.1 Å². The zero-order valence-corrected chi connectivity index (χ0v) is 8.90. The van der Waals surface area contributed by atoms with Crippen LogP contribution in [0.3, 0.4) is 0 Å². The molecular formula is C8H14N6O. The van der Waals surface area contributed by atoms with Crippen molar-refractivity contribution in [3.05, 3.63) is 11.8 Å². The van der Waals surface area contributed by atoms with E-state index in [4.69, 9.17) is 21.1 Å². The lowest BCUT2D eigenvalue weighted by molar-refractivity contribution is 0.420. The van der Waals surface area contributed by atoms with E-state index in [0.29, 0.717) is 5.82 Å². The number of nitrogens with zero attached hydrogens (tertiary/aromatic N) is 3. The van der Waals surface area contributed by atoms with Gasteiger partial charge in [-0.1, -0.05) is 5.16 Å². The number of guanidine groups is 2. The predicted molar refractivity (Wildman–Crippen MR) is 57.0 cm³/mol. The first-order chi connectivity index (χ1) is 6.95. The summed E-state index contributed by atoms with van der Waals surface area (Å²) < 4.78 is 4.77. The Morgan fingerprint density at radius 2 is 2.07 bits per heavy atom. The normalized spacial score (nSPS) is 9.80. The molecule has 7 heteroatoms. The number of rotatable bonds is 1. The molecule has 1 aromatic rings. The van der Waals surface area contributed by atoms with Crippen molar-refractivity contribution >= 4 is 17.7 Å². The molecule has 0 aliphatic heterocycles. The van der Waals surface area contributed by atoms with E-state index in [0.717, 1.165) is 5.56 Å². The minimum Gasteiger partial charge on any atom is -0.370 e. The van der Waals surface area contributed by atoms with Gasteiger partial charge in [0.1, 0.15) is 6.26 Å². The fraction of sp³-hybridized carbons (Fsp3) is 0.375. The Bertz CT molecular complexity index is 384. The Labute approximate surface area is 87.5 Å². The van der Waals surface area contributed by atoms with E-state index in [1.807, 2.05) is 6.92 Å². The molecule has 0 radical (unpaired) electrons. The molecule has 0 spiro atoms. The fourth-order valence-electron chi connectivity index (χ4n) is 1.05. The van der Waals surface area contributed by atoms with Crippen molar-refractivity contribution in [3.63, 3.8) is 0 Å². The van der Waals surface area contributed by atoms with Gasteiger partial charge >= 0.3 is 0 Å². The van der Waals surface area contributed by atoms with Crippen molar-refractivity contribution in [2.45, 2.75) is 6.92 Å². The van der Waals surface area contributed by atoms with Gasteiger partial charge in [-0.15, -0.1) is 0 Å². The van der Waals surface area contributed by atoms with E-state index >= 15 is 0 Å². The van der Waals surface area contributed by atoms with E-state index in [1.54, 1.807) is 7.05 Å². The van der Waals surface area contributed by atoms with E-state index in [1.165, 1.54) is 23.1 Å². The first-order valence-electron chi connectivity index (χ1n) is 4.26. The molecule has 1 aromatic heterocycles. The zero-order valence-electron chi connectivity index (χ0n) is 8.90. The third-order valence-corrected chi connectivity index (χ3v) is 2.04. The molecule has 0 amide bonds. The van der Waals surface area contributed by atoms with Gasteiger partial charge in [-0.25, -0.2) is 0 Å². The molecule has 4 N–H and O–H groups in total. The molecule has 15 heavy (non-hydrogen) atoms. The van der Waals surface area contributed by atoms with Crippen LogP contribution in [0.15, 0.2) is 10.8 Å². The van der Waals surface area contributed by atoms with E-state index in [9.17, 15) is 0 Å². The summed E-state index contributed by atoms with van der Waals surface area (Å²) >= 11 is 0. The maximum atomic E-state index is 7.75. The Morgan fingerprint density at radius 3 is 2.47 bits per heavy atom. The van der Waals surface area contributed by atoms with Crippen LogP contribution in [0.1, 0.15) is 5.56 Å². The maximum absolute atomic E-state index is 7.75. The topological polar surface area (TPSA) is 106 Å². The number of nitrogens with one attached hydrogen (secondary N) is 2. The van der Waals surface area contributed by atoms with Crippen molar-refractivity contribution in [1.82, 2.24) is 10.1 Å². The van der Waals surface area contributed by atoms with Crippen LogP contribution in [0.4, 0.5) is 5.82 Å². The summed E-state index contributed by atoms with van der Waals surface area (Å²) in [4.78, 5) is 2.72. The van der Waals surface area contributed by atoms with Gasteiger partial charge in [-0.2, -0.15) is 0 Å². The molecule has 0 unspecified atom stereocenters. The van der Waals surface area contributed by atoms with Crippen molar-refractivity contribution in [2.24, 2.45) is 5.73 Å². The molecule has 82 valence electrons. The first kappa shape index (κ1) is 11.0. The highest BCUT2D eigenvalue weighted by Crippen LogP contribution is 2.15. The Morgan fingerprint density at radius 1 is 1.47 bits per heavy atom. The molecule has 0 fully saturated rings. The van der Waals surface area contributed by atoms with Crippen LogP contribution in [0.5, 0.6) is 0 Å². The highest BCUT2D eigenvalue weighted by atomic mass is 16.5. The summed E-state index contributed by atoms with van der Waals surface area (Å²) in [6, 6.07) is 0. The van der Waals surface area contributed by atoms with Gasteiger partial charge in [0.05, 0.1) is 0 Å². The number of hydrogen-bond acceptors (Lipinski definition) is 4. The molecule has 0 aromatic carbocycles. The quantitative estimate of drug-likeness (QED) is 0.453. The monoisotopic (exact) mass is 210 g/mol. The predicted octanol–water partition coefficient (Wildman–Crippen LogP) is 0.179. The molecule has 0 atom stereocenters. The average molecular weight is 210 g/mol. The second-order valence-electron chi connectivity index (χ2n) is 3.15. The second kappa shape index (κ2) is 3.99. The highest BCUT2D eigenvalue weighted by molar-refractivity contribution is 6.02. The number of hydrogen-bond donors (Lipinski definition) is 3. The third-order valence-electron chi connectivity index (χ3n) is 2.04. The number of anilines is 1. The van der Waals surface area contributed by atoms with E-state index in [-0.39, 0.29) is 11.9 Å². The number of aromatic nitrogens is 1. The summed E-state index contributed by atoms with van der Waals surface area (Å²) in [5.41, 5.74) is 6.08. The number of aryl methyl sites for hydroxylation is 1. The standard InChI is InChI=1S/C8H14N6O/c1-5-4-15-12-6(5)13(2)8(11)14(3)7(9)10/h4,11H,1-3H3,(H3,9,10). The van der Waals surface area contributed by atoms with Crippen molar-refractivity contribution in [3.8, 4) is 0 Å². The van der Waals surface area contributed by atoms with Crippen LogP contribution in [0.2, 0.25) is 0 Å². The highest BCUT2D eigenvalue weighted by Gasteiger charge is 2.17. The molecular weight excluding hydrogens is 196 g/mol. The third kappa shape index (κ3) is 2.06. The van der Waals surface area contributed by atoms with Gasteiger partial charge in [0.2, 0.25) is 5.96 Å². The van der Waals surface area contributed by atoms with Gasteiger partial charge in [-0.3, -0.25) is 20.6 Å². The maximum Gasteiger partial charge on any atom is 0.205 e. The summed E-state index contributed by atoms with van der Waals surface area (Å²) in [6.07, 6.45) is 1.49. The summed E-state index contributed by atoms with van der Waals surface area (Å²) in [5, 5.41) is 18.7. The second-order valence-corrected chi connectivity index (χ2v) is 3.15. The van der Waals surface area contributed by atoms with Crippen molar-refractivity contribution in [2.75, 3.05) is 19.0 Å². The summed E-state index contributed by atoms with van der Waals surface area (Å²) in [5.74, 6) is 0.389. The molecule has 0 aliphatic carbocycles. The minimum atomic E-state index is -0.201. The van der Waals surface area contributed by atoms with Crippen LogP contribution in [0.25, 0.3) is 0 Å². The zero-order chi connectivity index (χ0) is 11.6. The lowest BCUT2D eigenvalue weighted by Gasteiger charge is -2.24. The van der Waals surface area contributed by atoms with Crippen molar-refractivity contribution < 1.29 is 4.52 Å². The van der Waals surface area contributed by atoms with Crippen LogP contribution in [-0.2, 0) is 0 Å². The Hall–Kier alpha value is -2.05. The van der Waals surface area contributed by atoms with Gasteiger partial charge in [-0.05, 0) is 6.92 Å². The molecule has 1 heterocycles. The Balaban J connectivity index is 2.86. The van der Waals surface area contributed by atoms with E-state index in [2.05, 4.69) is 5.16 Å². The smallest absolute Gasteiger partial charge is 0.205 e. The van der Waals surface area contributed by atoms with Gasteiger partial charge in [0.15, 0.2) is 11.8 Å². The largest absolute Gasteiger partial charge is 0.370 e. The lowest BCUT2D eigenvalue weighted by Crippen LogP contribution is -2.46. The van der Waals surface area contributed by atoms with Crippen LogP contribution >= 0.6 is 0 Å². The lowest BCUT2D eigenvalue weighted by atomic mass is 10.3. The van der Waals surface area contributed by atoms with Crippen molar-refractivity contribution in [1.29, 1.82) is 10.8 Å².